The van der Waals surface area contributed by atoms with Gasteiger partial charge >= 0.3 is 0 Å². The van der Waals surface area contributed by atoms with Gasteiger partial charge in [-0.2, -0.15) is 5.26 Å². The summed E-state index contributed by atoms with van der Waals surface area (Å²) >= 11 is 0. The summed E-state index contributed by atoms with van der Waals surface area (Å²) < 4.78 is 5.27. The normalized spacial score (nSPS) is 11.0. The zero-order valence-electron chi connectivity index (χ0n) is 14.6. The minimum absolute atomic E-state index is 0.0323. The summed E-state index contributed by atoms with van der Waals surface area (Å²) in [4.78, 5) is 12.6. The van der Waals surface area contributed by atoms with Crippen molar-refractivity contribution in [3.05, 3.63) is 77.4 Å². The quantitative estimate of drug-likeness (QED) is 0.552. The van der Waals surface area contributed by atoms with Gasteiger partial charge in [0.15, 0.2) is 0 Å². The average Bonchev–Trinajstić information content (AvgIpc) is 2.66. The van der Waals surface area contributed by atoms with Gasteiger partial charge in [-0.3, -0.25) is 4.79 Å². The molecule has 0 saturated heterocycles. The number of anilines is 1. The molecule has 3 rings (SSSR count). The van der Waals surface area contributed by atoms with E-state index in [4.69, 9.17) is 4.74 Å². The van der Waals surface area contributed by atoms with E-state index in [1.54, 1.807) is 12.1 Å². The third kappa shape index (κ3) is 3.57. The van der Waals surface area contributed by atoms with Gasteiger partial charge in [-0.1, -0.05) is 48.5 Å². The molecule has 3 aromatic carbocycles. The molecule has 0 fully saturated rings. The molecular weight excluding hydrogens is 324 g/mol. The number of hydrogen-bond donors (Lipinski definition) is 1. The van der Waals surface area contributed by atoms with Crippen molar-refractivity contribution in [2.45, 2.75) is 6.92 Å². The third-order valence-corrected chi connectivity index (χ3v) is 4.09. The minimum Gasteiger partial charge on any atom is -0.495 e. The number of hydrogen-bond acceptors (Lipinski definition) is 3. The summed E-state index contributed by atoms with van der Waals surface area (Å²) in [6.45, 7) is 1.92. The van der Waals surface area contributed by atoms with Gasteiger partial charge < -0.3 is 10.1 Å². The fraction of sp³-hybridized carbons (Fsp3) is 0.0909. The van der Waals surface area contributed by atoms with Crippen LogP contribution in [0.3, 0.4) is 0 Å². The topological polar surface area (TPSA) is 62.1 Å². The number of carbonyl (C=O) groups excluding carboxylic acids is 1. The van der Waals surface area contributed by atoms with Crippen LogP contribution in [0.4, 0.5) is 5.69 Å². The zero-order valence-corrected chi connectivity index (χ0v) is 14.6. The molecule has 0 radical (unpaired) electrons. The number of aryl methyl sites for hydroxylation is 1. The van der Waals surface area contributed by atoms with E-state index in [0.717, 1.165) is 21.9 Å². The first-order chi connectivity index (χ1) is 12.6. The summed E-state index contributed by atoms with van der Waals surface area (Å²) in [5.74, 6) is 0.0794. The average molecular weight is 342 g/mol. The molecule has 4 nitrogen and oxygen atoms in total. The van der Waals surface area contributed by atoms with E-state index in [-0.39, 0.29) is 5.57 Å². The Kier molecular flexibility index (Phi) is 5.00. The van der Waals surface area contributed by atoms with Crippen molar-refractivity contribution >= 4 is 28.4 Å². The Morgan fingerprint density at radius 3 is 2.65 bits per heavy atom. The number of ether oxygens (including phenoxy) is 1. The molecule has 0 aliphatic heterocycles. The molecule has 0 atom stereocenters. The van der Waals surface area contributed by atoms with Crippen LogP contribution >= 0.6 is 0 Å². The second-order valence-electron chi connectivity index (χ2n) is 5.90. The Bertz CT molecular complexity index is 1040. The Labute approximate surface area is 152 Å². The van der Waals surface area contributed by atoms with Crippen LogP contribution in [0.1, 0.15) is 11.1 Å². The molecule has 0 aliphatic rings. The lowest BCUT2D eigenvalue weighted by atomic mass is 10.0. The number of nitrogens with one attached hydrogen (secondary N) is 1. The number of fused-ring (bicyclic) bond motifs is 1. The molecule has 0 unspecified atom stereocenters. The Morgan fingerprint density at radius 1 is 1.12 bits per heavy atom. The minimum atomic E-state index is -0.468. The molecule has 0 spiro atoms. The van der Waals surface area contributed by atoms with Crippen LogP contribution in [0, 0.1) is 18.3 Å². The fourth-order valence-electron chi connectivity index (χ4n) is 2.79. The molecule has 128 valence electrons. The Balaban J connectivity index is 1.96. The summed E-state index contributed by atoms with van der Waals surface area (Å²) in [7, 11) is 1.54. The first-order valence-electron chi connectivity index (χ1n) is 8.18. The molecule has 0 heterocycles. The second kappa shape index (κ2) is 7.54. The van der Waals surface area contributed by atoms with Gasteiger partial charge in [0.05, 0.1) is 12.8 Å². The predicted octanol–water partition coefficient (Wildman–Crippen LogP) is 4.70. The van der Waals surface area contributed by atoms with E-state index in [0.29, 0.717) is 11.4 Å². The Morgan fingerprint density at radius 2 is 1.88 bits per heavy atom. The first kappa shape index (κ1) is 17.2. The number of rotatable bonds is 4. The van der Waals surface area contributed by atoms with Crippen LogP contribution in [-0.2, 0) is 4.79 Å². The molecule has 4 heteroatoms. The first-order valence-corrected chi connectivity index (χ1v) is 8.18. The van der Waals surface area contributed by atoms with Gasteiger partial charge in [0.25, 0.3) is 5.91 Å². The molecule has 1 amide bonds. The fourth-order valence-corrected chi connectivity index (χ4v) is 2.79. The molecule has 3 aromatic rings. The molecule has 0 aliphatic carbocycles. The lowest BCUT2D eigenvalue weighted by Crippen LogP contribution is -2.14. The van der Waals surface area contributed by atoms with E-state index >= 15 is 0 Å². The van der Waals surface area contributed by atoms with Gasteiger partial charge in [0.2, 0.25) is 0 Å². The number of benzene rings is 3. The molecule has 0 aromatic heterocycles. The summed E-state index contributed by atoms with van der Waals surface area (Å²) in [5.41, 5.74) is 2.38. The van der Waals surface area contributed by atoms with E-state index in [1.165, 1.54) is 7.11 Å². The third-order valence-electron chi connectivity index (χ3n) is 4.09. The highest BCUT2D eigenvalue weighted by Gasteiger charge is 2.13. The maximum atomic E-state index is 12.6. The van der Waals surface area contributed by atoms with Crippen LogP contribution in [0.15, 0.2) is 66.2 Å². The lowest BCUT2D eigenvalue weighted by Gasteiger charge is -2.11. The standard InChI is InChI=1S/C22H18N2O2/c1-15-10-11-21(26-2)20(12-15)24-22(25)18(14-23)13-17-8-5-7-16-6-3-4-9-19(16)17/h3-13H,1-2H3,(H,24,25)/b18-13+. The summed E-state index contributed by atoms with van der Waals surface area (Å²) in [5, 5.41) is 14.3. The monoisotopic (exact) mass is 342 g/mol. The van der Waals surface area contributed by atoms with Crippen molar-refractivity contribution in [3.8, 4) is 11.8 Å². The molecule has 0 saturated carbocycles. The number of carbonyl (C=O) groups is 1. The molecule has 0 bridgehead atoms. The predicted molar refractivity (Wildman–Crippen MR) is 104 cm³/mol. The highest BCUT2D eigenvalue weighted by Crippen LogP contribution is 2.26. The van der Waals surface area contributed by atoms with Crippen LogP contribution in [0.5, 0.6) is 5.75 Å². The van der Waals surface area contributed by atoms with Crippen molar-refractivity contribution < 1.29 is 9.53 Å². The summed E-state index contributed by atoms with van der Waals surface area (Å²) in [6.07, 6.45) is 1.61. The highest BCUT2D eigenvalue weighted by molar-refractivity contribution is 6.11. The van der Waals surface area contributed by atoms with Crippen LogP contribution in [0.25, 0.3) is 16.8 Å². The van der Waals surface area contributed by atoms with Crippen LogP contribution in [-0.4, -0.2) is 13.0 Å². The van der Waals surface area contributed by atoms with Crippen molar-refractivity contribution in [2.75, 3.05) is 12.4 Å². The van der Waals surface area contributed by atoms with E-state index < -0.39 is 5.91 Å². The lowest BCUT2D eigenvalue weighted by molar-refractivity contribution is -0.112. The van der Waals surface area contributed by atoms with Gasteiger partial charge in [-0.25, -0.2) is 0 Å². The van der Waals surface area contributed by atoms with Gasteiger partial charge in [-0.15, -0.1) is 0 Å². The van der Waals surface area contributed by atoms with E-state index in [2.05, 4.69) is 5.32 Å². The smallest absolute Gasteiger partial charge is 0.266 e. The number of nitrogens with zero attached hydrogens (tertiary/aromatic N) is 1. The highest BCUT2D eigenvalue weighted by atomic mass is 16.5. The zero-order chi connectivity index (χ0) is 18.5. The molecule has 1 N–H and O–H groups in total. The van der Waals surface area contributed by atoms with Crippen molar-refractivity contribution in [3.63, 3.8) is 0 Å². The Hall–Kier alpha value is -3.58. The van der Waals surface area contributed by atoms with Crippen molar-refractivity contribution in [2.24, 2.45) is 0 Å². The van der Waals surface area contributed by atoms with Gasteiger partial charge in [0.1, 0.15) is 17.4 Å². The summed E-state index contributed by atoms with van der Waals surface area (Å²) in [6, 6.07) is 21.1. The van der Waals surface area contributed by atoms with Crippen LogP contribution in [0.2, 0.25) is 0 Å². The maximum Gasteiger partial charge on any atom is 0.266 e. The SMILES string of the molecule is COc1ccc(C)cc1NC(=O)/C(C#N)=C/c1cccc2ccccc12. The van der Waals surface area contributed by atoms with Crippen LogP contribution < -0.4 is 10.1 Å². The molecule has 26 heavy (non-hydrogen) atoms. The van der Waals surface area contributed by atoms with Crippen molar-refractivity contribution in [1.29, 1.82) is 5.26 Å². The van der Waals surface area contributed by atoms with E-state index in [1.807, 2.05) is 67.6 Å². The van der Waals surface area contributed by atoms with E-state index in [9.17, 15) is 10.1 Å². The number of amides is 1. The van der Waals surface area contributed by atoms with Crippen molar-refractivity contribution in [1.82, 2.24) is 0 Å². The maximum absolute atomic E-state index is 12.6. The molecular formula is C22H18N2O2. The van der Waals surface area contributed by atoms with Gasteiger partial charge in [-0.05, 0) is 47.0 Å². The van der Waals surface area contributed by atoms with Gasteiger partial charge in [0, 0.05) is 0 Å². The second-order valence-corrected chi connectivity index (χ2v) is 5.90. The number of nitriles is 1. The number of methoxy groups -OCH3 is 1. The largest absolute Gasteiger partial charge is 0.495 e.